The quantitative estimate of drug-likeness (QED) is 0.702. The highest BCUT2D eigenvalue weighted by atomic mass is 16.5. The van der Waals surface area contributed by atoms with E-state index in [1.54, 1.807) is 17.8 Å². The minimum absolute atomic E-state index is 0.0471. The van der Waals surface area contributed by atoms with Crippen molar-refractivity contribution in [1.29, 1.82) is 0 Å². The van der Waals surface area contributed by atoms with Crippen molar-refractivity contribution >= 4 is 22.9 Å². The molecule has 0 saturated heterocycles. The highest BCUT2D eigenvalue weighted by Gasteiger charge is 2.23. The molecule has 1 amide bonds. The number of hydrogen-bond acceptors (Lipinski definition) is 5. The van der Waals surface area contributed by atoms with Crippen LogP contribution in [0.15, 0.2) is 36.4 Å². The summed E-state index contributed by atoms with van der Waals surface area (Å²) in [6.07, 6.45) is 0.0471. The fourth-order valence-electron chi connectivity index (χ4n) is 3.17. The summed E-state index contributed by atoms with van der Waals surface area (Å²) in [6, 6.07) is 10.6. The van der Waals surface area contributed by atoms with Crippen LogP contribution in [0.25, 0.3) is 11.0 Å². The Morgan fingerprint density at radius 3 is 2.59 bits per heavy atom. The first-order chi connectivity index (χ1) is 12.9. The molecule has 27 heavy (non-hydrogen) atoms. The van der Waals surface area contributed by atoms with Crippen molar-refractivity contribution < 1.29 is 14.3 Å². The summed E-state index contributed by atoms with van der Waals surface area (Å²) in [5.74, 6) is -0.669. The summed E-state index contributed by atoms with van der Waals surface area (Å²) >= 11 is 0. The van der Waals surface area contributed by atoms with E-state index in [2.05, 4.69) is 15.4 Å². The summed E-state index contributed by atoms with van der Waals surface area (Å²) in [6.45, 7) is 3.68. The highest BCUT2D eigenvalue weighted by molar-refractivity contribution is 6.06. The number of methoxy groups -OCH3 is 1. The van der Waals surface area contributed by atoms with Gasteiger partial charge in [-0.3, -0.25) is 14.3 Å². The number of carbonyl (C=O) groups is 2. The number of rotatable bonds is 5. The van der Waals surface area contributed by atoms with Gasteiger partial charge in [-0.15, -0.1) is 0 Å². The van der Waals surface area contributed by atoms with Gasteiger partial charge in [0.1, 0.15) is 0 Å². The van der Waals surface area contributed by atoms with Crippen molar-refractivity contribution in [1.82, 2.24) is 20.1 Å². The number of pyridine rings is 1. The van der Waals surface area contributed by atoms with E-state index < -0.39 is 12.0 Å². The maximum Gasteiger partial charge on any atom is 0.307 e. The third-order valence-electron chi connectivity index (χ3n) is 4.45. The Balaban J connectivity index is 1.99. The normalized spacial score (nSPS) is 12.0. The van der Waals surface area contributed by atoms with Crippen LogP contribution in [0.5, 0.6) is 0 Å². The molecule has 0 aliphatic carbocycles. The largest absolute Gasteiger partial charge is 0.469 e. The fraction of sp³-hybridized carbons (Fsp3) is 0.300. The average molecular weight is 366 g/mol. The number of hydrogen-bond donors (Lipinski definition) is 1. The number of nitrogens with zero attached hydrogens (tertiary/aromatic N) is 3. The van der Waals surface area contributed by atoms with E-state index in [-0.39, 0.29) is 12.3 Å². The van der Waals surface area contributed by atoms with Gasteiger partial charge >= 0.3 is 5.97 Å². The van der Waals surface area contributed by atoms with Crippen LogP contribution in [0.2, 0.25) is 0 Å². The van der Waals surface area contributed by atoms with E-state index in [1.165, 1.54) is 7.11 Å². The third-order valence-corrected chi connectivity index (χ3v) is 4.45. The van der Waals surface area contributed by atoms with Crippen molar-refractivity contribution in [2.45, 2.75) is 26.3 Å². The second kappa shape index (κ2) is 7.57. The van der Waals surface area contributed by atoms with E-state index in [1.807, 2.05) is 44.2 Å². The van der Waals surface area contributed by atoms with Crippen molar-refractivity contribution in [3.05, 3.63) is 58.9 Å². The maximum atomic E-state index is 13.1. The van der Waals surface area contributed by atoms with Crippen molar-refractivity contribution in [3.63, 3.8) is 0 Å². The van der Waals surface area contributed by atoms with Crippen LogP contribution >= 0.6 is 0 Å². The fourth-order valence-corrected chi connectivity index (χ4v) is 3.17. The average Bonchev–Trinajstić information content (AvgIpc) is 2.94. The van der Waals surface area contributed by atoms with E-state index >= 15 is 0 Å². The van der Waals surface area contributed by atoms with Crippen molar-refractivity contribution in [2.24, 2.45) is 7.05 Å². The first kappa shape index (κ1) is 18.6. The Labute approximate surface area is 157 Å². The van der Waals surface area contributed by atoms with Gasteiger partial charge in [0.2, 0.25) is 0 Å². The van der Waals surface area contributed by atoms with E-state index in [4.69, 9.17) is 4.74 Å². The lowest BCUT2D eigenvalue weighted by Crippen LogP contribution is -2.30. The molecule has 0 aliphatic rings. The first-order valence-electron chi connectivity index (χ1n) is 8.64. The van der Waals surface area contributed by atoms with Crippen LogP contribution < -0.4 is 5.32 Å². The lowest BCUT2D eigenvalue weighted by Gasteiger charge is -2.19. The molecule has 1 N–H and O–H groups in total. The molecule has 0 unspecified atom stereocenters. The number of carbonyl (C=O) groups excluding carboxylic acids is 2. The first-order valence-corrected chi connectivity index (χ1v) is 8.64. The second-order valence-corrected chi connectivity index (χ2v) is 6.44. The standard InChI is InChI=1S/C20H22N4O3/c1-12-10-15(18-13(2)23-24(3)19(18)21-12)20(26)22-16(11-17(25)27-4)14-8-6-5-7-9-14/h5-10,16H,11H2,1-4H3,(H,22,26)/t16-/m1/s1. The number of benzene rings is 1. The van der Waals surface area contributed by atoms with Crippen LogP contribution in [0.4, 0.5) is 0 Å². The van der Waals surface area contributed by atoms with Gasteiger partial charge in [0, 0.05) is 12.7 Å². The van der Waals surface area contributed by atoms with E-state index in [0.29, 0.717) is 16.6 Å². The Kier molecular flexibility index (Phi) is 5.21. The number of esters is 1. The third kappa shape index (κ3) is 3.81. The minimum atomic E-state index is -0.494. The molecule has 2 aromatic heterocycles. The van der Waals surface area contributed by atoms with Crippen LogP contribution in [0, 0.1) is 13.8 Å². The van der Waals surface area contributed by atoms with Crippen LogP contribution in [-0.4, -0.2) is 33.8 Å². The number of fused-ring (bicyclic) bond motifs is 1. The molecule has 0 fully saturated rings. The van der Waals surface area contributed by atoms with Gasteiger partial charge in [-0.2, -0.15) is 5.10 Å². The zero-order chi connectivity index (χ0) is 19.6. The van der Waals surface area contributed by atoms with Gasteiger partial charge in [0.15, 0.2) is 5.65 Å². The zero-order valence-corrected chi connectivity index (χ0v) is 15.8. The SMILES string of the molecule is COC(=O)C[C@@H](NC(=O)c1cc(C)nc2c1c(C)nn2C)c1ccccc1. The molecule has 1 atom stereocenters. The molecule has 0 spiro atoms. The van der Waals surface area contributed by atoms with Gasteiger partial charge in [-0.25, -0.2) is 4.98 Å². The number of ether oxygens (including phenoxy) is 1. The molecule has 2 heterocycles. The number of aromatic nitrogens is 3. The summed E-state index contributed by atoms with van der Waals surface area (Å²) in [5, 5.41) is 8.05. The van der Waals surface area contributed by atoms with Crippen LogP contribution in [0.1, 0.15) is 39.8 Å². The Morgan fingerprint density at radius 1 is 1.22 bits per heavy atom. The van der Waals surface area contributed by atoms with E-state index in [9.17, 15) is 9.59 Å². The lowest BCUT2D eigenvalue weighted by atomic mass is 10.0. The van der Waals surface area contributed by atoms with Crippen LogP contribution in [-0.2, 0) is 16.6 Å². The Bertz CT molecular complexity index is 995. The van der Waals surface area contributed by atoms with Gasteiger partial charge in [0.05, 0.1) is 36.2 Å². The predicted molar refractivity (Wildman–Crippen MR) is 101 cm³/mol. The molecular formula is C20H22N4O3. The molecule has 1 aromatic carbocycles. The molecule has 3 rings (SSSR count). The van der Waals surface area contributed by atoms with Gasteiger partial charge < -0.3 is 10.1 Å². The molecule has 0 bridgehead atoms. The van der Waals surface area contributed by atoms with Gasteiger partial charge in [-0.1, -0.05) is 30.3 Å². The molecule has 0 radical (unpaired) electrons. The zero-order valence-electron chi connectivity index (χ0n) is 15.8. The number of amides is 1. The summed E-state index contributed by atoms with van der Waals surface area (Å²) in [7, 11) is 3.13. The summed E-state index contributed by atoms with van der Waals surface area (Å²) in [4.78, 5) is 29.4. The molecule has 0 aliphatic heterocycles. The number of aryl methyl sites for hydroxylation is 3. The lowest BCUT2D eigenvalue weighted by molar-refractivity contribution is -0.141. The molecule has 140 valence electrons. The predicted octanol–water partition coefficient (Wildman–Crippen LogP) is 2.62. The molecule has 7 heteroatoms. The smallest absolute Gasteiger partial charge is 0.307 e. The minimum Gasteiger partial charge on any atom is -0.469 e. The Morgan fingerprint density at radius 2 is 1.93 bits per heavy atom. The summed E-state index contributed by atoms with van der Waals surface area (Å²) in [5.41, 5.74) is 3.44. The maximum absolute atomic E-state index is 13.1. The van der Waals surface area contributed by atoms with Gasteiger partial charge in [0.25, 0.3) is 5.91 Å². The van der Waals surface area contributed by atoms with Gasteiger partial charge in [-0.05, 0) is 25.5 Å². The number of nitrogens with one attached hydrogen (secondary N) is 1. The topological polar surface area (TPSA) is 86.1 Å². The molecule has 3 aromatic rings. The molecular weight excluding hydrogens is 344 g/mol. The monoisotopic (exact) mass is 366 g/mol. The molecule has 0 saturated carbocycles. The summed E-state index contributed by atoms with van der Waals surface area (Å²) < 4.78 is 6.45. The highest BCUT2D eigenvalue weighted by Crippen LogP contribution is 2.24. The van der Waals surface area contributed by atoms with Crippen LogP contribution in [0.3, 0.4) is 0 Å². The van der Waals surface area contributed by atoms with E-state index in [0.717, 1.165) is 17.0 Å². The van der Waals surface area contributed by atoms with Crippen molar-refractivity contribution in [3.8, 4) is 0 Å². The second-order valence-electron chi connectivity index (χ2n) is 6.44. The van der Waals surface area contributed by atoms with Crippen molar-refractivity contribution in [2.75, 3.05) is 7.11 Å². The molecule has 7 nitrogen and oxygen atoms in total. The Hall–Kier alpha value is -3.22.